The number of hydrogen-bond donors (Lipinski definition) is 1. The highest BCUT2D eigenvalue weighted by Crippen LogP contribution is 2.59. The summed E-state index contributed by atoms with van der Waals surface area (Å²) in [5.41, 5.74) is -1.60. The molecule has 1 amide bonds. The molecule has 1 N–H and O–H groups in total. The molecule has 2 aromatic rings. The van der Waals surface area contributed by atoms with Crippen molar-refractivity contribution in [1.82, 2.24) is 19.5 Å². The number of hydrogen-bond acceptors (Lipinski definition) is 6. The summed E-state index contributed by atoms with van der Waals surface area (Å²) in [6, 6.07) is 4.35. The van der Waals surface area contributed by atoms with Gasteiger partial charge in [0.1, 0.15) is 10.2 Å². The fourth-order valence-corrected chi connectivity index (χ4v) is 3.56. The molecule has 3 rings (SSSR count). The largest absolute Gasteiger partial charge is 0.477 e. The maximum Gasteiger partial charge on any atom is 0.394 e. The summed E-state index contributed by atoms with van der Waals surface area (Å²) >= 11 is 6.83. The van der Waals surface area contributed by atoms with E-state index < -0.39 is 23.4 Å². The first kappa shape index (κ1) is 24.8. The van der Waals surface area contributed by atoms with E-state index in [1.807, 2.05) is 0 Å². The molecule has 0 saturated heterocycles. The number of amides is 1. The molecule has 1 aliphatic rings. The summed E-state index contributed by atoms with van der Waals surface area (Å²) < 4.78 is 60.8. The zero-order valence-electron chi connectivity index (χ0n) is 17.0. The van der Waals surface area contributed by atoms with Crippen LogP contribution in [0, 0.1) is 5.41 Å². The molecule has 7 nitrogen and oxygen atoms in total. The van der Waals surface area contributed by atoms with E-state index in [1.165, 1.54) is 35.2 Å². The molecule has 2 heterocycles. The maximum absolute atomic E-state index is 13.0. The number of ether oxygens (including phenoxy) is 1. The Bertz CT molecular complexity index is 1100. The lowest BCUT2D eigenvalue weighted by Gasteiger charge is -2.18. The fraction of sp³-hybridized carbons (Fsp3) is 0.300. The molecular weight excluding hydrogens is 486 g/mol. The molecule has 0 spiro atoms. The van der Waals surface area contributed by atoms with Crippen LogP contribution < -0.4 is 9.46 Å². The lowest BCUT2D eigenvalue weighted by atomic mass is 10.0. The van der Waals surface area contributed by atoms with E-state index in [-0.39, 0.29) is 53.3 Å². The highest BCUT2D eigenvalue weighted by molar-refractivity contribution is 8.13. The second kappa shape index (κ2) is 9.96. The third kappa shape index (κ3) is 6.14. The molecule has 0 unspecified atom stereocenters. The maximum atomic E-state index is 13.0. The first-order chi connectivity index (χ1) is 15.5. The minimum atomic E-state index is -4.23. The van der Waals surface area contributed by atoms with Gasteiger partial charge in [-0.15, -0.1) is 5.10 Å². The minimum Gasteiger partial charge on any atom is -0.477 e. The summed E-state index contributed by atoms with van der Waals surface area (Å²) in [5.74, 6) is -1.15. The molecule has 0 aromatic carbocycles. The van der Waals surface area contributed by atoms with Crippen molar-refractivity contribution < 1.29 is 27.1 Å². The van der Waals surface area contributed by atoms with E-state index in [0.29, 0.717) is 0 Å². The Balaban J connectivity index is 1.60. The van der Waals surface area contributed by atoms with Crippen molar-refractivity contribution in [3.63, 3.8) is 0 Å². The molecule has 1 aliphatic carbocycles. The van der Waals surface area contributed by atoms with Crippen molar-refractivity contribution in [3.05, 3.63) is 60.3 Å². The quantitative estimate of drug-likeness (QED) is 0.130. The van der Waals surface area contributed by atoms with Crippen molar-refractivity contribution >= 4 is 34.5 Å². The van der Waals surface area contributed by atoms with Crippen LogP contribution in [-0.4, -0.2) is 38.5 Å². The van der Waals surface area contributed by atoms with Gasteiger partial charge in [0, 0.05) is 24.2 Å². The van der Waals surface area contributed by atoms with Gasteiger partial charge in [-0.25, -0.2) is 14.7 Å². The molecule has 1 fully saturated rings. The highest BCUT2D eigenvalue weighted by atomic mass is 35.5. The topological polar surface area (TPSA) is 81.4 Å². The van der Waals surface area contributed by atoms with Crippen LogP contribution >= 0.6 is 23.5 Å². The molecule has 0 atom stereocenters. The number of alkyl halides is 3. The molecule has 0 aliphatic heterocycles. The SMILES string of the molecule is C=C/C(=N\C(=C)F)SNC(=O)c1ccc(-n2ccc(OCCC3(C(F)(F)F)CC3)n2)nc1Cl. The standard InChI is InChI=1S/C20H18ClF4N5O2S/c1-3-16(26-12(2)22)33-29-18(31)13-4-5-14(27-17(13)21)30-10-6-15(28-30)32-11-9-19(7-8-19)20(23,24)25/h3-6,10H,1-2,7-9,11H2,(H,29,31)/b26-16+. The van der Waals surface area contributed by atoms with Crippen LogP contribution in [0.15, 0.2) is 54.6 Å². The minimum absolute atomic E-state index is 0.0425. The third-order valence-electron chi connectivity index (χ3n) is 4.82. The van der Waals surface area contributed by atoms with Crippen LogP contribution in [0.25, 0.3) is 5.82 Å². The normalized spacial score (nSPS) is 15.1. The van der Waals surface area contributed by atoms with Crippen molar-refractivity contribution in [2.24, 2.45) is 10.4 Å². The molecule has 1 saturated carbocycles. The number of pyridine rings is 1. The molecule has 0 radical (unpaired) electrons. The monoisotopic (exact) mass is 503 g/mol. The summed E-state index contributed by atoms with van der Waals surface area (Å²) in [4.78, 5) is 19.9. The highest BCUT2D eigenvalue weighted by Gasteiger charge is 2.62. The summed E-state index contributed by atoms with van der Waals surface area (Å²) in [6.45, 7) is 6.34. The van der Waals surface area contributed by atoms with E-state index >= 15 is 0 Å². The predicted octanol–water partition coefficient (Wildman–Crippen LogP) is 5.44. The summed E-state index contributed by atoms with van der Waals surface area (Å²) in [5, 5.41) is 4.07. The van der Waals surface area contributed by atoms with Gasteiger partial charge in [-0.05, 0) is 44.1 Å². The van der Waals surface area contributed by atoms with Crippen LogP contribution in [0.2, 0.25) is 5.15 Å². The Morgan fingerprint density at radius 2 is 2.12 bits per heavy atom. The van der Waals surface area contributed by atoms with Gasteiger partial charge in [-0.3, -0.25) is 9.52 Å². The Morgan fingerprint density at radius 3 is 2.70 bits per heavy atom. The number of carbonyl (C=O) groups excluding carboxylic acids is 1. The van der Waals surface area contributed by atoms with Crippen molar-refractivity contribution in [1.29, 1.82) is 0 Å². The zero-order valence-corrected chi connectivity index (χ0v) is 18.6. The van der Waals surface area contributed by atoms with Crippen LogP contribution in [0.3, 0.4) is 0 Å². The summed E-state index contributed by atoms with van der Waals surface area (Å²) in [7, 11) is 0. The van der Waals surface area contributed by atoms with Crippen LogP contribution in [0.4, 0.5) is 17.6 Å². The van der Waals surface area contributed by atoms with Gasteiger partial charge in [0.25, 0.3) is 5.91 Å². The first-order valence-corrected chi connectivity index (χ1v) is 10.7. The van der Waals surface area contributed by atoms with Gasteiger partial charge < -0.3 is 4.74 Å². The second-order valence-corrected chi connectivity index (χ2v) is 8.23. The summed E-state index contributed by atoms with van der Waals surface area (Å²) in [6.07, 6.45) is -1.40. The van der Waals surface area contributed by atoms with Gasteiger partial charge in [0.2, 0.25) is 11.8 Å². The Morgan fingerprint density at radius 1 is 1.39 bits per heavy atom. The molecular formula is C20H18ClF4N5O2S. The average Bonchev–Trinajstić information content (AvgIpc) is 3.40. The smallest absolute Gasteiger partial charge is 0.394 e. The molecule has 13 heteroatoms. The number of nitrogens with zero attached hydrogens (tertiary/aromatic N) is 4. The van der Waals surface area contributed by atoms with E-state index in [1.54, 1.807) is 0 Å². The van der Waals surface area contributed by atoms with E-state index in [2.05, 4.69) is 33.0 Å². The lowest BCUT2D eigenvalue weighted by Crippen LogP contribution is -2.26. The third-order valence-corrected chi connectivity index (χ3v) is 5.86. The molecule has 33 heavy (non-hydrogen) atoms. The number of aliphatic imine (C=N–C) groups is 1. The Kier molecular flexibility index (Phi) is 7.48. The Labute approximate surface area is 195 Å². The van der Waals surface area contributed by atoms with Crippen LogP contribution in [-0.2, 0) is 0 Å². The van der Waals surface area contributed by atoms with Crippen molar-refractivity contribution in [2.45, 2.75) is 25.4 Å². The van der Waals surface area contributed by atoms with E-state index in [0.717, 1.165) is 11.9 Å². The lowest BCUT2D eigenvalue weighted by molar-refractivity contribution is -0.190. The van der Waals surface area contributed by atoms with E-state index in [4.69, 9.17) is 16.3 Å². The number of aromatic nitrogens is 3. The fourth-order valence-electron chi connectivity index (χ4n) is 2.79. The molecule has 2 aromatic heterocycles. The number of rotatable bonds is 8. The van der Waals surface area contributed by atoms with E-state index in [9.17, 15) is 22.4 Å². The van der Waals surface area contributed by atoms with Crippen LogP contribution in [0.5, 0.6) is 5.88 Å². The van der Waals surface area contributed by atoms with Gasteiger partial charge in [0.15, 0.2) is 5.82 Å². The number of halogens is 5. The van der Waals surface area contributed by atoms with Gasteiger partial charge in [-0.2, -0.15) is 17.6 Å². The molecule has 0 bridgehead atoms. The number of carbonyl (C=O) groups is 1. The van der Waals surface area contributed by atoms with Gasteiger partial charge >= 0.3 is 6.18 Å². The first-order valence-electron chi connectivity index (χ1n) is 9.49. The van der Waals surface area contributed by atoms with Gasteiger partial charge in [0.05, 0.1) is 17.6 Å². The average molecular weight is 504 g/mol. The van der Waals surface area contributed by atoms with Crippen molar-refractivity contribution in [2.75, 3.05) is 6.61 Å². The van der Waals surface area contributed by atoms with Gasteiger partial charge in [-0.1, -0.05) is 18.2 Å². The number of nitrogens with one attached hydrogen (secondary N) is 1. The predicted molar refractivity (Wildman–Crippen MR) is 117 cm³/mol. The zero-order chi connectivity index (χ0) is 24.2. The van der Waals surface area contributed by atoms with Crippen LogP contribution in [0.1, 0.15) is 29.6 Å². The molecule has 176 valence electrons. The van der Waals surface area contributed by atoms with Crippen molar-refractivity contribution in [3.8, 4) is 11.7 Å². The Hall–Kier alpha value is -2.86. The second-order valence-electron chi connectivity index (χ2n) is 7.05.